The van der Waals surface area contributed by atoms with Crippen LogP contribution in [0.25, 0.3) is 0 Å². The molecule has 1 N–H and O–H groups in total. The van der Waals surface area contributed by atoms with Crippen molar-refractivity contribution in [3.63, 3.8) is 0 Å². The van der Waals surface area contributed by atoms with Gasteiger partial charge in [0.15, 0.2) is 0 Å². The first-order valence-electron chi connectivity index (χ1n) is 7.14. The Labute approximate surface area is 119 Å². The molecule has 0 fully saturated rings. The van der Waals surface area contributed by atoms with Gasteiger partial charge in [-0.3, -0.25) is 0 Å². The number of thiophene rings is 1. The molecule has 0 unspecified atom stereocenters. The number of esters is 1. The summed E-state index contributed by atoms with van der Waals surface area (Å²) in [6, 6.07) is 3.56. The van der Waals surface area contributed by atoms with Crippen LogP contribution in [0.4, 0.5) is 0 Å². The lowest BCUT2D eigenvalue weighted by atomic mass is 10.1. The normalized spacial score (nSPS) is 12.4. The molecule has 1 aromatic heterocycles. The van der Waals surface area contributed by atoms with Crippen LogP contribution in [0.1, 0.15) is 73.0 Å². The summed E-state index contributed by atoms with van der Waals surface area (Å²) in [5.41, 5.74) is 0. The molecular formula is C15H24O3S. The van der Waals surface area contributed by atoms with Crippen molar-refractivity contribution in [3.05, 3.63) is 21.9 Å². The van der Waals surface area contributed by atoms with Crippen LogP contribution >= 0.6 is 11.3 Å². The molecule has 0 spiro atoms. The van der Waals surface area contributed by atoms with Crippen molar-refractivity contribution in [2.75, 3.05) is 6.61 Å². The minimum absolute atomic E-state index is 0.297. The van der Waals surface area contributed by atoms with Crippen LogP contribution in [0, 0.1) is 0 Å². The molecule has 0 bridgehead atoms. The molecule has 19 heavy (non-hydrogen) atoms. The van der Waals surface area contributed by atoms with Gasteiger partial charge in [-0.05, 0) is 25.5 Å². The number of aliphatic hydroxyl groups excluding tert-OH is 1. The fourth-order valence-electron chi connectivity index (χ4n) is 1.93. The average molecular weight is 284 g/mol. The molecule has 4 heteroatoms. The zero-order valence-electron chi connectivity index (χ0n) is 11.9. The van der Waals surface area contributed by atoms with E-state index in [1.165, 1.54) is 37.0 Å². The highest BCUT2D eigenvalue weighted by molar-refractivity contribution is 7.14. The molecule has 3 nitrogen and oxygen atoms in total. The Morgan fingerprint density at radius 2 is 2.00 bits per heavy atom. The molecule has 1 heterocycles. The largest absolute Gasteiger partial charge is 0.462 e. The first-order chi connectivity index (χ1) is 9.19. The Morgan fingerprint density at radius 3 is 2.68 bits per heavy atom. The second-order valence-electron chi connectivity index (χ2n) is 4.64. The summed E-state index contributed by atoms with van der Waals surface area (Å²) in [7, 11) is 0. The molecule has 0 aliphatic carbocycles. The Hall–Kier alpha value is -0.870. The summed E-state index contributed by atoms with van der Waals surface area (Å²) in [6.07, 6.45) is 6.26. The third-order valence-electron chi connectivity index (χ3n) is 3.01. The summed E-state index contributed by atoms with van der Waals surface area (Å²) < 4.78 is 4.94. The molecule has 0 amide bonds. The molecule has 0 aromatic carbocycles. The van der Waals surface area contributed by atoms with Gasteiger partial charge in [-0.1, -0.05) is 39.0 Å². The lowest BCUT2D eigenvalue weighted by Gasteiger charge is -2.07. The number of unbranched alkanes of at least 4 members (excludes halogenated alkanes) is 4. The molecule has 108 valence electrons. The van der Waals surface area contributed by atoms with Crippen LogP contribution < -0.4 is 0 Å². The van der Waals surface area contributed by atoms with E-state index in [0.717, 1.165) is 17.7 Å². The summed E-state index contributed by atoms with van der Waals surface area (Å²) in [6.45, 7) is 4.36. The standard InChI is InChI=1S/C15H24O3S/c1-3-5-6-7-8-9-12(16)13-10-11-14(19-13)15(17)18-4-2/h10-12,16H,3-9H2,1-2H3/t12-/m1/s1. The van der Waals surface area contributed by atoms with Gasteiger partial charge in [0, 0.05) is 4.88 Å². The lowest BCUT2D eigenvalue weighted by Crippen LogP contribution is -2.01. The highest BCUT2D eigenvalue weighted by Gasteiger charge is 2.14. The third-order valence-corrected chi connectivity index (χ3v) is 4.18. The molecule has 1 aromatic rings. The number of aliphatic hydroxyl groups is 1. The minimum Gasteiger partial charge on any atom is -0.462 e. The first kappa shape index (κ1) is 16.2. The molecule has 0 saturated carbocycles. The van der Waals surface area contributed by atoms with Gasteiger partial charge in [0.2, 0.25) is 0 Å². The van der Waals surface area contributed by atoms with Crippen molar-refractivity contribution in [1.82, 2.24) is 0 Å². The van der Waals surface area contributed by atoms with Crippen molar-refractivity contribution in [2.24, 2.45) is 0 Å². The zero-order valence-corrected chi connectivity index (χ0v) is 12.7. The summed E-state index contributed by atoms with van der Waals surface area (Å²) in [5, 5.41) is 10.1. The van der Waals surface area contributed by atoms with Gasteiger partial charge >= 0.3 is 5.97 Å². The van der Waals surface area contributed by atoms with Gasteiger partial charge in [-0.15, -0.1) is 11.3 Å². The maximum atomic E-state index is 11.5. The first-order valence-corrected chi connectivity index (χ1v) is 7.95. The van der Waals surface area contributed by atoms with E-state index in [1.54, 1.807) is 13.0 Å². The maximum Gasteiger partial charge on any atom is 0.348 e. The number of hydrogen-bond donors (Lipinski definition) is 1. The average Bonchev–Trinajstić information content (AvgIpc) is 2.88. The van der Waals surface area contributed by atoms with E-state index in [1.807, 2.05) is 6.07 Å². The highest BCUT2D eigenvalue weighted by atomic mass is 32.1. The van der Waals surface area contributed by atoms with Crippen molar-refractivity contribution in [3.8, 4) is 0 Å². The van der Waals surface area contributed by atoms with Crippen LogP contribution in [-0.2, 0) is 4.74 Å². The van der Waals surface area contributed by atoms with Crippen molar-refractivity contribution in [2.45, 2.75) is 58.5 Å². The van der Waals surface area contributed by atoms with E-state index in [-0.39, 0.29) is 5.97 Å². The SMILES string of the molecule is CCCCCCC[C@@H](O)c1ccc(C(=O)OCC)s1. The Morgan fingerprint density at radius 1 is 1.26 bits per heavy atom. The third kappa shape index (κ3) is 5.74. The van der Waals surface area contributed by atoms with E-state index in [4.69, 9.17) is 4.74 Å². The second kappa shape index (κ2) is 9.10. The van der Waals surface area contributed by atoms with Crippen LogP contribution in [0.3, 0.4) is 0 Å². The van der Waals surface area contributed by atoms with E-state index < -0.39 is 6.10 Å². The number of rotatable bonds is 9. The minimum atomic E-state index is -0.449. The number of carbonyl (C=O) groups is 1. The van der Waals surface area contributed by atoms with Crippen LogP contribution in [0.15, 0.2) is 12.1 Å². The van der Waals surface area contributed by atoms with Crippen molar-refractivity contribution in [1.29, 1.82) is 0 Å². The van der Waals surface area contributed by atoms with Gasteiger partial charge in [-0.25, -0.2) is 4.79 Å². The molecule has 1 atom stereocenters. The monoisotopic (exact) mass is 284 g/mol. The van der Waals surface area contributed by atoms with Gasteiger partial charge in [-0.2, -0.15) is 0 Å². The highest BCUT2D eigenvalue weighted by Crippen LogP contribution is 2.27. The molecule has 0 aliphatic rings. The summed E-state index contributed by atoms with van der Waals surface area (Å²) >= 11 is 1.33. The summed E-state index contributed by atoms with van der Waals surface area (Å²) in [5.74, 6) is -0.297. The summed E-state index contributed by atoms with van der Waals surface area (Å²) in [4.78, 5) is 13.0. The molecule has 0 radical (unpaired) electrons. The predicted octanol–water partition coefficient (Wildman–Crippen LogP) is 4.32. The van der Waals surface area contributed by atoms with Gasteiger partial charge in [0.1, 0.15) is 4.88 Å². The van der Waals surface area contributed by atoms with Crippen molar-refractivity contribution >= 4 is 17.3 Å². The Balaban J connectivity index is 2.36. The second-order valence-corrected chi connectivity index (χ2v) is 5.76. The van der Waals surface area contributed by atoms with Crippen molar-refractivity contribution < 1.29 is 14.6 Å². The fourth-order valence-corrected chi connectivity index (χ4v) is 2.85. The van der Waals surface area contributed by atoms with E-state index in [9.17, 15) is 9.90 Å². The van der Waals surface area contributed by atoms with Gasteiger partial charge in [0.25, 0.3) is 0 Å². The maximum absolute atomic E-state index is 11.5. The zero-order chi connectivity index (χ0) is 14.1. The van der Waals surface area contributed by atoms with Crippen LogP contribution in [-0.4, -0.2) is 17.7 Å². The number of ether oxygens (including phenoxy) is 1. The van der Waals surface area contributed by atoms with Gasteiger partial charge < -0.3 is 9.84 Å². The number of hydrogen-bond acceptors (Lipinski definition) is 4. The number of carbonyl (C=O) groups excluding carboxylic acids is 1. The molecular weight excluding hydrogens is 260 g/mol. The van der Waals surface area contributed by atoms with E-state index in [0.29, 0.717) is 11.5 Å². The van der Waals surface area contributed by atoms with Crippen LogP contribution in [0.5, 0.6) is 0 Å². The molecule has 0 saturated heterocycles. The lowest BCUT2D eigenvalue weighted by molar-refractivity contribution is 0.0532. The molecule has 0 aliphatic heterocycles. The Kier molecular flexibility index (Phi) is 7.75. The topological polar surface area (TPSA) is 46.5 Å². The quantitative estimate of drug-likeness (QED) is 0.542. The fraction of sp³-hybridized carbons (Fsp3) is 0.667. The van der Waals surface area contributed by atoms with Crippen LogP contribution in [0.2, 0.25) is 0 Å². The van der Waals surface area contributed by atoms with E-state index >= 15 is 0 Å². The predicted molar refractivity (Wildman–Crippen MR) is 78.6 cm³/mol. The van der Waals surface area contributed by atoms with E-state index in [2.05, 4.69) is 6.92 Å². The molecule has 1 rings (SSSR count). The smallest absolute Gasteiger partial charge is 0.348 e. The van der Waals surface area contributed by atoms with Gasteiger partial charge in [0.05, 0.1) is 12.7 Å². The Bertz CT molecular complexity index is 373.